The topological polar surface area (TPSA) is 117 Å². The van der Waals surface area contributed by atoms with Gasteiger partial charge in [-0.25, -0.2) is 9.97 Å². The molecular weight excluding hydrogens is 540 g/mol. The van der Waals surface area contributed by atoms with Gasteiger partial charge in [0.2, 0.25) is 11.6 Å². The fourth-order valence-electron chi connectivity index (χ4n) is 3.51. The molecule has 0 aliphatic carbocycles. The molecular formula is C22H14Br2N6O2. The van der Waals surface area contributed by atoms with Gasteiger partial charge in [0.15, 0.2) is 0 Å². The maximum Gasteiger partial charge on any atom is 0.262 e. The molecule has 0 fully saturated rings. The fourth-order valence-corrected chi connectivity index (χ4v) is 4.23. The van der Waals surface area contributed by atoms with Crippen LogP contribution in [0.2, 0.25) is 0 Å². The number of hydrogen-bond donors (Lipinski definition) is 0. The van der Waals surface area contributed by atoms with Crippen LogP contribution in [0.5, 0.6) is 0 Å². The van der Waals surface area contributed by atoms with Gasteiger partial charge in [0.1, 0.15) is 12.1 Å². The summed E-state index contributed by atoms with van der Waals surface area (Å²) >= 11 is 6.70. The van der Waals surface area contributed by atoms with Gasteiger partial charge in [-0.3, -0.25) is 18.7 Å². The van der Waals surface area contributed by atoms with Gasteiger partial charge >= 0.3 is 0 Å². The smallest absolute Gasteiger partial charge is 0.262 e. The van der Waals surface area contributed by atoms with Crippen LogP contribution in [0.3, 0.4) is 0 Å². The van der Waals surface area contributed by atoms with E-state index in [1.165, 1.54) is 9.13 Å². The van der Waals surface area contributed by atoms with Crippen LogP contribution in [0.4, 0.5) is 0 Å². The molecule has 4 aromatic rings. The van der Waals surface area contributed by atoms with Crippen LogP contribution in [-0.4, -0.2) is 19.1 Å². The molecule has 2 heterocycles. The Kier molecular flexibility index (Phi) is 6.17. The molecule has 0 bridgehead atoms. The summed E-state index contributed by atoms with van der Waals surface area (Å²) in [6.45, 7) is 0.529. The second-order valence-corrected chi connectivity index (χ2v) is 8.87. The molecule has 0 amide bonds. The van der Waals surface area contributed by atoms with E-state index in [-0.39, 0.29) is 35.9 Å². The molecule has 0 aliphatic heterocycles. The zero-order valence-corrected chi connectivity index (χ0v) is 19.7. The molecule has 2 aromatic carbocycles. The predicted octanol–water partition coefficient (Wildman–Crippen LogP) is 3.86. The van der Waals surface area contributed by atoms with Crippen LogP contribution in [0, 0.1) is 22.7 Å². The third-order valence-corrected chi connectivity index (χ3v) is 6.03. The van der Waals surface area contributed by atoms with Gasteiger partial charge in [-0.1, -0.05) is 31.9 Å². The quantitative estimate of drug-likeness (QED) is 0.346. The van der Waals surface area contributed by atoms with Crippen molar-refractivity contribution in [1.82, 2.24) is 19.1 Å². The minimum absolute atomic E-state index is 0.0388. The number of unbranched alkanes of at least 4 members (excludes halogenated alkanes) is 1. The van der Waals surface area contributed by atoms with E-state index < -0.39 is 0 Å². The highest BCUT2D eigenvalue weighted by Crippen LogP contribution is 2.17. The summed E-state index contributed by atoms with van der Waals surface area (Å²) in [7, 11) is 0. The molecule has 0 spiro atoms. The number of nitriles is 2. The van der Waals surface area contributed by atoms with Gasteiger partial charge in [0.05, 0.1) is 21.8 Å². The monoisotopic (exact) mass is 552 g/mol. The van der Waals surface area contributed by atoms with Crippen molar-refractivity contribution in [2.45, 2.75) is 25.9 Å². The van der Waals surface area contributed by atoms with Gasteiger partial charge in [-0.15, -0.1) is 0 Å². The van der Waals surface area contributed by atoms with Crippen molar-refractivity contribution < 1.29 is 0 Å². The largest absolute Gasteiger partial charge is 0.284 e. The number of aromatic nitrogens is 4. The highest BCUT2D eigenvalue weighted by atomic mass is 79.9. The zero-order valence-electron chi connectivity index (χ0n) is 16.5. The van der Waals surface area contributed by atoms with E-state index in [1.54, 1.807) is 36.4 Å². The van der Waals surface area contributed by atoms with Crippen LogP contribution < -0.4 is 11.1 Å². The van der Waals surface area contributed by atoms with Crippen molar-refractivity contribution in [1.29, 1.82) is 10.5 Å². The van der Waals surface area contributed by atoms with E-state index in [0.29, 0.717) is 34.6 Å². The number of hydrogen-bond acceptors (Lipinski definition) is 6. The normalized spacial score (nSPS) is 10.9. The highest BCUT2D eigenvalue weighted by molar-refractivity contribution is 9.10. The number of fused-ring (bicyclic) bond motifs is 2. The van der Waals surface area contributed by atoms with E-state index in [0.717, 1.165) is 8.95 Å². The molecule has 10 heteroatoms. The van der Waals surface area contributed by atoms with E-state index in [2.05, 4.69) is 41.8 Å². The molecule has 0 atom stereocenters. The molecule has 32 heavy (non-hydrogen) atoms. The summed E-state index contributed by atoms with van der Waals surface area (Å²) in [6, 6.07) is 14.2. The molecule has 158 valence electrons. The molecule has 2 aromatic heterocycles. The zero-order chi connectivity index (χ0) is 22.8. The lowest BCUT2D eigenvalue weighted by Gasteiger charge is -2.11. The Bertz CT molecular complexity index is 1460. The SMILES string of the molecule is N#Cc1nc2ccc(Br)cc2c(=O)n1CCCCn1c(C#N)nc2ccc(Br)cc2c1=O. The van der Waals surface area contributed by atoms with Crippen molar-refractivity contribution in [3.05, 3.63) is 77.7 Å². The third kappa shape index (κ3) is 4.07. The van der Waals surface area contributed by atoms with Gasteiger partial charge in [0.25, 0.3) is 11.1 Å². The average Bonchev–Trinajstić information content (AvgIpc) is 2.79. The minimum atomic E-state index is -0.292. The Morgan fingerprint density at radius 2 is 1.16 bits per heavy atom. The Labute approximate surface area is 198 Å². The van der Waals surface area contributed by atoms with Gasteiger partial charge in [-0.05, 0) is 49.2 Å². The van der Waals surface area contributed by atoms with Crippen LogP contribution in [-0.2, 0) is 13.1 Å². The molecule has 4 rings (SSSR count). The molecule has 8 nitrogen and oxygen atoms in total. The number of halogens is 2. The van der Waals surface area contributed by atoms with Crippen molar-refractivity contribution in [3.63, 3.8) is 0 Å². The average molecular weight is 554 g/mol. The summed E-state index contributed by atoms with van der Waals surface area (Å²) in [6.07, 6.45) is 1.01. The lowest BCUT2D eigenvalue weighted by molar-refractivity contribution is 0.527. The second-order valence-electron chi connectivity index (χ2n) is 7.04. The van der Waals surface area contributed by atoms with Crippen molar-refractivity contribution >= 4 is 53.7 Å². The maximum absolute atomic E-state index is 12.9. The van der Waals surface area contributed by atoms with E-state index in [4.69, 9.17) is 0 Å². The number of nitrogens with zero attached hydrogens (tertiary/aromatic N) is 6. The van der Waals surface area contributed by atoms with Crippen LogP contribution in [0.25, 0.3) is 21.8 Å². The van der Waals surface area contributed by atoms with Crippen molar-refractivity contribution in [3.8, 4) is 12.1 Å². The van der Waals surface area contributed by atoms with Crippen LogP contribution in [0.15, 0.2) is 54.9 Å². The lowest BCUT2D eigenvalue weighted by atomic mass is 10.2. The summed E-state index contributed by atoms with van der Waals surface area (Å²) in [5.41, 5.74) is 0.342. The molecule has 0 saturated carbocycles. The van der Waals surface area contributed by atoms with Crippen molar-refractivity contribution in [2.24, 2.45) is 0 Å². The number of rotatable bonds is 5. The second kappa shape index (κ2) is 9.03. The lowest BCUT2D eigenvalue weighted by Crippen LogP contribution is -2.26. The van der Waals surface area contributed by atoms with Crippen LogP contribution >= 0.6 is 31.9 Å². The Hall–Kier alpha value is -3.34. The summed E-state index contributed by atoms with van der Waals surface area (Å²) in [5, 5.41) is 19.7. The van der Waals surface area contributed by atoms with Gasteiger partial charge in [0, 0.05) is 22.0 Å². The minimum Gasteiger partial charge on any atom is -0.284 e. The first-order valence-corrected chi connectivity index (χ1v) is 11.2. The summed E-state index contributed by atoms with van der Waals surface area (Å²) < 4.78 is 4.19. The summed E-state index contributed by atoms with van der Waals surface area (Å²) in [5.74, 6) is 0.0776. The van der Waals surface area contributed by atoms with Gasteiger partial charge in [-0.2, -0.15) is 10.5 Å². The first-order chi connectivity index (χ1) is 15.4. The van der Waals surface area contributed by atoms with Crippen molar-refractivity contribution in [2.75, 3.05) is 0 Å². The Morgan fingerprint density at radius 1 is 0.750 bits per heavy atom. The first-order valence-electron chi connectivity index (χ1n) is 9.63. The predicted molar refractivity (Wildman–Crippen MR) is 126 cm³/mol. The molecule has 0 saturated heterocycles. The first kappa shape index (κ1) is 21.9. The Balaban J connectivity index is 1.59. The van der Waals surface area contributed by atoms with E-state index in [1.807, 2.05) is 12.1 Å². The van der Waals surface area contributed by atoms with Crippen LogP contribution in [0.1, 0.15) is 24.5 Å². The molecule has 0 N–H and O–H groups in total. The Morgan fingerprint density at radius 3 is 1.53 bits per heavy atom. The maximum atomic E-state index is 12.9. The highest BCUT2D eigenvalue weighted by Gasteiger charge is 2.13. The fraction of sp³-hybridized carbons (Fsp3) is 0.182. The van der Waals surface area contributed by atoms with E-state index in [9.17, 15) is 20.1 Å². The third-order valence-electron chi connectivity index (χ3n) is 5.05. The molecule has 0 radical (unpaired) electrons. The number of benzene rings is 2. The summed E-state index contributed by atoms with van der Waals surface area (Å²) in [4.78, 5) is 34.4. The molecule has 0 aliphatic rings. The molecule has 0 unspecified atom stereocenters. The van der Waals surface area contributed by atoms with E-state index >= 15 is 0 Å². The van der Waals surface area contributed by atoms with Gasteiger partial charge < -0.3 is 0 Å². The standard InChI is InChI=1S/C22H14Br2N6O2/c23-13-3-5-17-15(9-13)21(31)29(19(11-25)27-17)7-1-2-8-30-20(12-26)28-18-6-4-14(24)10-16(18)22(30)32/h3-6,9-10H,1-2,7-8H2.